The number of benzene rings is 2. The zero-order valence-corrected chi connectivity index (χ0v) is 16.2. The Balaban J connectivity index is 1.25. The highest BCUT2D eigenvalue weighted by Crippen LogP contribution is 2.30. The van der Waals surface area contributed by atoms with Gasteiger partial charge in [-0.2, -0.15) is 0 Å². The van der Waals surface area contributed by atoms with Crippen LogP contribution in [0.5, 0.6) is 11.5 Å². The van der Waals surface area contributed by atoms with Crippen LogP contribution in [-0.2, 0) is 9.59 Å². The van der Waals surface area contributed by atoms with Gasteiger partial charge in [0.1, 0.15) is 12.7 Å². The Morgan fingerprint density at radius 1 is 0.931 bits per heavy atom. The highest BCUT2D eigenvalue weighted by atomic mass is 16.6. The minimum Gasteiger partial charge on any atom is -0.486 e. The fourth-order valence-electron chi connectivity index (χ4n) is 3.55. The van der Waals surface area contributed by atoms with Crippen LogP contribution in [0.15, 0.2) is 48.5 Å². The van der Waals surface area contributed by atoms with Gasteiger partial charge in [-0.3, -0.25) is 9.59 Å². The van der Waals surface area contributed by atoms with Gasteiger partial charge in [0.05, 0.1) is 6.54 Å². The summed E-state index contributed by atoms with van der Waals surface area (Å²) in [5.74, 6) is -0.0857. The Morgan fingerprint density at radius 3 is 2.41 bits per heavy atom. The average molecular weight is 395 g/mol. The third-order valence-electron chi connectivity index (χ3n) is 5.11. The first-order valence-electron chi connectivity index (χ1n) is 10.0. The lowest BCUT2D eigenvalue weighted by Gasteiger charge is -2.28. The van der Waals surface area contributed by atoms with Crippen molar-refractivity contribution in [3.05, 3.63) is 48.5 Å². The number of ether oxygens (including phenoxy) is 2. The van der Waals surface area contributed by atoms with E-state index in [1.54, 1.807) is 0 Å². The number of carbonyl (C=O) groups excluding carboxylic acids is 2. The van der Waals surface area contributed by atoms with Crippen LogP contribution < -0.4 is 25.0 Å². The first-order valence-corrected chi connectivity index (χ1v) is 10.0. The van der Waals surface area contributed by atoms with Crippen LogP contribution in [0.3, 0.4) is 0 Å². The number of rotatable bonds is 4. The molecule has 1 atom stereocenters. The van der Waals surface area contributed by atoms with Crippen LogP contribution in [0, 0.1) is 0 Å². The van der Waals surface area contributed by atoms with Crippen molar-refractivity contribution in [3.63, 3.8) is 0 Å². The topological polar surface area (TPSA) is 79.9 Å². The number of anilines is 2. The van der Waals surface area contributed by atoms with E-state index in [1.807, 2.05) is 48.5 Å². The van der Waals surface area contributed by atoms with E-state index in [0.717, 1.165) is 18.8 Å². The average Bonchev–Trinajstić information content (AvgIpc) is 2.78. The van der Waals surface area contributed by atoms with Gasteiger partial charge in [0.15, 0.2) is 11.5 Å². The zero-order valence-electron chi connectivity index (χ0n) is 16.2. The van der Waals surface area contributed by atoms with E-state index in [9.17, 15) is 9.59 Å². The number of nitrogens with zero attached hydrogens (tertiary/aromatic N) is 1. The summed E-state index contributed by atoms with van der Waals surface area (Å²) in [5, 5.41) is 5.24. The lowest BCUT2D eigenvalue weighted by atomic mass is 10.1. The molecule has 0 aliphatic carbocycles. The first-order chi connectivity index (χ1) is 14.2. The van der Waals surface area contributed by atoms with Crippen LogP contribution in [0.4, 0.5) is 11.4 Å². The monoisotopic (exact) mass is 395 g/mol. The number of fused-ring (bicyclic) bond motifs is 1. The number of carbonyl (C=O) groups is 2. The largest absolute Gasteiger partial charge is 0.486 e. The maximum Gasteiger partial charge on any atom is 0.313 e. The third kappa shape index (κ3) is 4.80. The van der Waals surface area contributed by atoms with Crippen molar-refractivity contribution in [2.45, 2.75) is 25.4 Å². The van der Waals surface area contributed by atoms with E-state index in [2.05, 4.69) is 15.5 Å². The number of piperidine rings is 1. The first kappa shape index (κ1) is 19.1. The van der Waals surface area contributed by atoms with Crippen molar-refractivity contribution >= 4 is 23.2 Å². The van der Waals surface area contributed by atoms with Gasteiger partial charge in [0, 0.05) is 24.5 Å². The number of nitrogens with one attached hydrogen (secondary N) is 2. The Kier molecular flexibility index (Phi) is 5.84. The SMILES string of the molecule is O=C(NCC1COc2ccccc2O1)C(=O)Nc1ccc(N2CCCCC2)cc1. The molecule has 2 aliphatic heterocycles. The fraction of sp³-hybridized carbons (Fsp3) is 0.364. The molecule has 1 fully saturated rings. The van der Waals surface area contributed by atoms with Gasteiger partial charge in [-0.25, -0.2) is 0 Å². The molecule has 2 heterocycles. The van der Waals surface area contributed by atoms with Crippen LogP contribution in [0.1, 0.15) is 19.3 Å². The lowest BCUT2D eigenvalue weighted by Crippen LogP contribution is -2.44. The molecule has 29 heavy (non-hydrogen) atoms. The Morgan fingerprint density at radius 2 is 1.66 bits per heavy atom. The van der Waals surface area contributed by atoms with Gasteiger partial charge in [-0.05, 0) is 55.7 Å². The van der Waals surface area contributed by atoms with Crippen LogP contribution in [0.2, 0.25) is 0 Å². The van der Waals surface area contributed by atoms with E-state index in [0.29, 0.717) is 23.8 Å². The molecule has 7 nitrogen and oxygen atoms in total. The molecule has 1 saturated heterocycles. The smallest absolute Gasteiger partial charge is 0.313 e. The molecular weight excluding hydrogens is 370 g/mol. The summed E-state index contributed by atoms with van der Waals surface area (Å²) in [5.41, 5.74) is 1.74. The molecule has 2 amide bonds. The molecule has 2 N–H and O–H groups in total. The zero-order chi connectivity index (χ0) is 20.1. The van der Waals surface area contributed by atoms with E-state index in [4.69, 9.17) is 9.47 Å². The standard InChI is InChI=1S/C22H25N3O4/c26-21(23-14-18-15-28-19-6-2-3-7-20(19)29-18)22(27)24-16-8-10-17(11-9-16)25-12-4-1-5-13-25/h2-3,6-11,18H,1,4-5,12-15H2,(H,23,26)(H,24,27). The van der Waals surface area contributed by atoms with Gasteiger partial charge in [-0.15, -0.1) is 0 Å². The molecule has 4 rings (SSSR count). The number of hydrogen-bond acceptors (Lipinski definition) is 5. The van der Waals surface area contributed by atoms with Crippen LogP contribution in [0.25, 0.3) is 0 Å². The second-order valence-electron chi connectivity index (χ2n) is 7.26. The second-order valence-corrected chi connectivity index (χ2v) is 7.26. The summed E-state index contributed by atoms with van der Waals surface area (Å²) in [6.07, 6.45) is 3.36. The van der Waals surface area contributed by atoms with Crippen LogP contribution >= 0.6 is 0 Å². The van der Waals surface area contributed by atoms with E-state index in [1.165, 1.54) is 19.3 Å². The number of amides is 2. The summed E-state index contributed by atoms with van der Waals surface area (Å²) >= 11 is 0. The van der Waals surface area contributed by atoms with Gasteiger partial charge in [-0.1, -0.05) is 12.1 Å². The maximum absolute atomic E-state index is 12.2. The molecule has 0 aromatic heterocycles. The van der Waals surface area contributed by atoms with Crippen molar-refractivity contribution in [3.8, 4) is 11.5 Å². The van der Waals surface area contributed by atoms with Gasteiger partial charge < -0.3 is 25.0 Å². The number of para-hydroxylation sites is 2. The van der Waals surface area contributed by atoms with E-state index < -0.39 is 11.8 Å². The predicted octanol–water partition coefficient (Wildman–Crippen LogP) is 2.57. The van der Waals surface area contributed by atoms with Gasteiger partial charge >= 0.3 is 11.8 Å². The van der Waals surface area contributed by atoms with Gasteiger partial charge in [0.2, 0.25) is 0 Å². The summed E-state index contributed by atoms with van der Waals surface area (Å²) < 4.78 is 11.4. The van der Waals surface area contributed by atoms with E-state index in [-0.39, 0.29) is 12.6 Å². The molecule has 0 saturated carbocycles. The molecule has 152 valence electrons. The molecule has 7 heteroatoms. The third-order valence-corrected chi connectivity index (χ3v) is 5.11. The van der Waals surface area contributed by atoms with E-state index >= 15 is 0 Å². The Hall–Kier alpha value is -3.22. The van der Waals surface area contributed by atoms with Crippen molar-refractivity contribution in [1.82, 2.24) is 5.32 Å². The molecule has 2 aromatic rings. The Bertz CT molecular complexity index is 863. The molecule has 0 spiro atoms. The summed E-state index contributed by atoms with van der Waals surface area (Å²) in [6.45, 7) is 2.63. The number of hydrogen-bond donors (Lipinski definition) is 2. The molecule has 0 bridgehead atoms. The maximum atomic E-state index is 12.2. The van der Waals surface area contributed by atoms with Crippen LogP contribution in [-0.4, -0.2) is 44.2 Å². The van der Waals surface area contributed by atoms with Crippen molar-refractivity contribution < 1.29 is 19.1 Å². The molecule has 2 aromatic carbocycles. The minimum atomic E-state index is -0.701. The minimum absolute atomic E-state index is 0.189. The lowest BCUT2D eigenvalue weighted by molar-refractivity contribution is -0.136. The highest BCUT2D eigenvalue weighted by molar-refractivity contribution is 6.39. The molecular formula is C22H25N3O4. The van der Waals surface area contributed by atoms with Crippen molar-refractivity contribution in [2.24, 2.45) is 0 Å². The molecule has 1 unspecified atom stereocenters. The van der Waals surface area contributed by atoms with Crippen molar-refractivity contribution in [2.75, 3.05) is 36.5 Å². The summed E-state index contributed by atoms with van der Waals surface area (Å²) in [4.78, 5) is 26.6. The van der Waals surface area contributed by atoms with Crippen molar-refractivity contribution in [1.29, 1.82) is 0 Å². The Labute approximate surface area is 170 Å². The highest BCUT2D eigenvalue weighted by Gasteiger charge is 2.22. The normalized spacial score (nSPS) is 18.1. The van der Waals surface area contributed by atoms with Gasteiger partial charge in [0.25, 0.3) is 0 Å². The molecule has 2 aliphatic rings. The molecule has 0 radical (unpaired) electrons. The second kappa shape index (κ2) is 8.86. The summed E-state index contributed by atoms with van der Waals surface area (Å²) in [6, 6.07) is 15.0. The summed E-state index contributed by atoms with van der Waals surface area (Å²) in [7, 11) is 0. The fourth-order valence-corrected chi connectivity index (χ4v) is 3.55. The quantitative estimate of drug-likeness (QED) is 0.778. The predicted molar refractivity (Wildman–Crippen MR) is 110 cm³/mol.